The lowest BCUT2D eigenvalue weighted by atomic mass is 8.20. The van der Waals surface area contributed by atoms with E-state index in [-0.39, 0.29) is 0 Å². The Kier molecular flexibility index (Phi) is 40.5. The van der Waals surface area contributed by atoms with Gasteiger partial charge < -0.3 is 0 Å². The van der Waals surface area contributed by atoms with E-state index in [1.807, 2.05) is 0 Å². The van der Waals surface area contributed by atoms with E-state index in [4.69, 9.17) is 309 Å². The molecule has 0 aliphatic heterocycles. The lowest BCUT2D eigenvalue weighted by Crippen LogP contribution is -2.99. The molecule has 0 saturated heterocycles. The van der Waals surface area contributed by atoms with Crippen LogP contribution in [0.15, 0.2) is 0 Å². The van der Waals surface area contributed by atoms with Crippen LogP contribution in [0.5, 0.6) is 0 Å². The minimum absolute atomic E-state index is 1.57. The minimum atomic E-state index is -1.89. The van der Waals surface area contributed by atoms with Gasteiger partial charge in [0.2, 0.25) is 0 Å². The Morgan fingerprint density at radius 1 is 0.0641 bits per heavy atom. The Labute approximate surface area is 546 Å². The van der Waals surface area contributed by atoms with Gasteiger partial charge in [0.05, 0.1) is 0 Å². The van der Waals surface area contributed by atoms with Crippen LogP contribution in [0.4, 0.5) is 0 Å². The van der Waals surface area contributed by atoms with Crippen LogP contribution in [-0.2, 0) is 0 Å². The molecule has 0 N–H and O–H groups in total. The zero-order valence-corrected chi connectivity index (χ0v) is 45.0. The van der Waals surface area contributed by atoms with Crippen LogP contribution in [0.3, 0.4) is 0 Å². The van der Waals surface area contributed by atoms with Crippen LogP contribution in [-0.4, -0.2) is 552 Å². The Hall–Kier alpha value is 5.06. The van der Waals surface area contributed by atoms with Crippen LogP contribution in [0.1, 0.15) is 0 Å². The van der Waals surface area contributed by atoms with Crippen LogP contribution < -0.4 is 0 Å². The topological polar surface area (TPSA) is 0 Å². The summed E-state index contributed by atoms with van der Waals surface area (Å²) in [6.07, 6.45) is -63.1. The van der Waals surface area contributed by atoms with Crippen molar-refractivity contribution in [1.29, 1.82) is 0 Å². The molecule has 0 rings (SSSR count). The Balaban J connectivity index is 12.5. The lowest BCUT2D eigenvalue weighted by Gasteiger charge is -2.61. The summed E-state index contributed by atoms with van der Waals surface area (Å²) in [6.45, 7) is 0. The van der Waals surface area contributed by atoms with Gasteiger partial charge in [0, 0.05) is 552 Å². The molecule has 0 aromatic rings. The number of rotatable bonds is 37. The van der Waals surface area contributed by atoms with Gasteiger partial charge in [-0.15, -0.1) is 0 Å². The van der Waals surface area contributed by atoms with Crippen LogP contribution in [0.2, 0.25) is 0 Å². The predicted octanol–water partition coefficient (Wildman–Crippen LogP) is -29.7. The summed E-state index contributed by atoms with van der Waals surface area (Å²) in [7, 11) is 274. The number of hydrogen-bond acceptors (Lipinski definition) is 0. The molecule has 0 aromatic heterocycles. The molecule has 234 valence electrons. The van der Waals surface area contributed by atoms with E-state index in [1.54, 1.807) is 0 Å². The van der Waals surface area contributed by atoms with Crippen molar-refractivity contribution in [2.24, 2.45) is 0 Å². The molecule has 0 atom stereocenters. The van der Waals surface area contributed by atoms with Gasteiger partial charge in [0.1, 0.15) is 0 Å². The summed E-state index contributed by atoms with van der Waals surface area (Å²) in [4.78, 5) is 0. The summed E-state index contributed by atoms with van der Waals surface area (Å²) >= 11 is 0. The third kappa shape index (κ3) is 22.2. The van der Waals surface area contributed by atoms with Crippen molar-refractivity contribution in [3.63, 3.8) is 0 Å². The fourth-order valence-electron chi connectivity index (χ4n) is 13.9. The van der Waals surface area contributed by atoms with Gasteiger partial charge in [-0.3, -0.25) is 0 Å². The molecule has 78 heavy (non-hydrogen) atoms. The highest BCUT2D eigenvalue weighted by Crippen LogP contribution is 2.27. The lowest BCUT2D eigenvalue weighted by molar-refractivity contribution is 3.14. The maximum Gasteiger partial charge on any atom is 0 e. The summed E-state index contributed by atoms with van der Waals surface area (Å²) in [5.74, 6) is 0. The zero-order chi connectivity index (χ0) is 61.9. The first-order valence-corrected chi connectivity index (χ1v) is 25.7. The summed E-state index contributed by atoms with van der Waals surface area (Å²) in [6, 6.07) is 0. The molecule has 0 amide bonds. The second kappa shape index (κ2) is 38.0. The third-order valence-electron chi connectivity index (χ3n) is 16.4. The molecule has 0 aliphatic carbocycles. The summed E-state index contributed by atoms with van der Waals surface area (Å²) < 4.78 is 0. The van der Waals surface area contributed by atoms with E-state index in [9.17, 15) is 0 Å². The Bertz CT molecular complexity index is 1160. The first-order chi connectivity index (χ1) is 35.4. The standard InChI is InChI=1S/B78/c1-41(2)61(42(3)4)71(62(43(5)6)44(7)8)76(72(63(45(9)10)46(11)12)64(47(13)14)48(15)16)78(75(69(57(33)34)58(35)36)70(59(37)38)60(39)40)77(73(65(49(17)18)50(19)20)66(51(21)22)52(23)24)74(67(53(25)26)54(27)28)68(55(29)30)56(31)32. The SMILES string of the molecule is [B]B([B])B(B([B])[B])B(B(B([B])[B])B([B])[B])B(B(B(B([B])[B])B([B])[B])B(B([B])[B])B([B])[B])B(B(B(B([B])[B])B([B])[B])B(B([B])[B])B([B])[B])B(B(B(B([B])[B])B([B])[B])B(B([B])[B])B([B])[B])B(B(B([B])[B])B([B])[B])B(B([B])[B])B([B])[B]. The highest BCUT2D eigenvalue weighted by molar-refractivity contribution is 8.41. The van der Waals surface area contributed by atoms with Gasteiger partial charge in [-0.05, 0) is 0 Å². The average molecular weight is 843 g/mol. The van der Waals surface area contributed by atoms with Gasteiger partial charge in [-0.1, -0.05) is 0 Å². The second-order valence-electron chi connectivity index (χ2n) is 21.9. The Morgan fingerprint density at radius 2 is 0.103 bits per heavy atom. The molecule has 80 radical (unpaired) electrons. The minimum Gasteiger partial charge on any atom is 0 e. The van der Waals surface area contributed by atoms with E-state index in [1.165, 1.54) is 0 Å². The molecule has 0 unspecified atom stereocenters. The Morgan fingerprint density at radius 3 is 0.141 bits per heavy atom. The highest BCUT2D eigenvalue weighted by Gasteiger charge is 2.66. The smallest absolute Gasteiger partial charge is 0 e. The fraction of sp³-hybridized carbons (Fsp3) is 0. The predicted molar refractivity (Wildman–Crippen MR) is 449 cm³/mol. The fourth-order valence-corrected chi connectivity index (χ4v) is 13.9. The zero-order valence-electron chi connectivity index (χ0n) is 45.0. The van der Waals surface area contributed by atoms with Crippen molar-refractivity contribution < 1.29 is 0 Å². The normalized spacial score (nSPS) is 9.79. The second-order valence-corrected chi connectivity index (χ2v) is 21.9. The largest absolute Gasteiger partial charge is 0 e. The van der Waals surface area contributed by atoms with E-state index in [0.29, 0.717) is 0 Å². The van der Waals surface area contributed by atoms with E-state index >= 15 is 0 Å². The summed E-state index contributed by atoms with van der Waals surface area (Å²) in [5.41, 5.74) is 0. The molecule has 0 spiro atoms. The van der Waals surface area contributed by atoms with E-state index < -0.39 is 243 Å². The first-order valence-electron chi connectivity index (χ1n) is 25.7. The maximum absolute atomic E-state index is 6.88. The summed E-state index contributed by atoms with van der Waals surface area (Å²) in [5, 5.41) is 0. The molecular formula is B78. The van der Waals surface area contributed by atoms with Crippen molar-refractivity contribution in [2.75, 3.05) is 0 Å². The molecule has 0 nitrogen and oxygen atoms in total. The molecule has 0 heterocycles. The molecule has 0 fully saturated rings. The van der Waals surface area contributed by atoms with Crippen LogP contribution in [0, 0.1) is 0 Å². The quantitative estimate of drug-likeness (QED) is 0.0547. The number of hydrogen-bond donors (Lipinski definition) is 0. The maximum atomic E-state index is 6.88. The van der Waals surface area contributed by atoms with Gasteiger partial charge in [0.15, 0.2) is 0 Å². The molecule has 0 saturated carbocycles. The van der Waals surface area contributed by atoms with Gasteiger partial charge in [-0.2, -0.15) is 0 Å². The first kappa shape index (κ1) is 83.1. The van der Waals surface area contributed by atoms with Gasteiger partial charge >= 0.3 is 0 Å². The van der Waals surface area contributed by atoms with Crippen molar-refractivity contribution in [3.05, 3.63) is 0 Å². The molecular weight excluding hydrogens is 843 g/mol. The average Bonchev–Trinajstić information content (AvgIpc) is 3.20. The van der Waals surface area contributed by atoms with Gasteiger partial charge in [-0.25, -0.2) is 0 Å². The van der Waals surface area contributed by atoms with Gasteiger partial charge in [0.25, 0.3) is 0 Å². The van der Waals surface area contributed by atoms with E-state index in [0.717, 1.165) is 0 Å². The molecule has 0 bridgehead atoms. The van der Waals surface area contributed by atoms with E-state index in [2.05, 4.69) is 0 Å². The molecule has 0 aromatic carbocycles. The molecule has 78 heteroatoms. The van der Waals surface area contributed by atoms with Crippen molar-refractivity contribution >= 4 is 552 Å². The van der Waals surface area contributed by atoms with Crippen LogP contribution >= 0.6 is 0 Å². The monoisotopic (exact) mass is 859 g/mol. The third-order valence-corrected chi connectivity index (χ3v) is 16.4. The molecule has 0 aliphatic rings. The van der Waals surface area contributed by atoms with Crippen molar-refractivity contribution in [1.82, 2.24) is 0 Å². The van der Waals surface area contributed by atoms with Crippen molar-refractivity contribution in [3.8, 4) is 0 Å². The highest BCUT2D eigenvalue weighted by atomic mass is 13.5. The van der Waals surface area contributed by atoms with Crippen LogP contribution in [0.25, 0.3) is 0 Å². The van der Waals surface area contributed by atoms with Crippen molar-refractivity contribution in [2.45, 2.75) is 0 Å².